The van der Waals surface area contributed by atoms with E-state index >= 15 is 0 Å². The Bertz CT molecular complexity index is 742. The fourth-order valence-corrected chi connectivity index (χ4v) is 2.68. The van der Waals surface area contributed by atoms with Gasteiger partial charge in [-0.25, -0.2) is 0 Å². The molecule has 2 nitrogen and oxygen atoms in total. The second-order valence-corrected chi connectivity index (χ2v) is 5.30. The predicted molar refractivity (Wildman–Crippen MR) is 95.7 cm³/mol. The lowest BCUT2D eigenvalue weighted by Crippen LogP contribution is -2.14. The highest BCUT2D eigenvalue weighted by atomic mass is 16.1. The number of anilines is 3. The van der Waals surface area contributed by atoms with E-state index in [0.29, 0.717) is 6.42 Å². The van der Waals surface area contributed by atoms with Gasteiger partial charge in [0.15, 0.2) is 5.78 Å². The normalized spacial score (nSPS) is 10.3. The number of benzene rings is 3. The molecule has 0 bridgehead atoms. The van der Waals surface area contributed by atoms with Gasteiger partial charge in [-0.3, -0.25) is 4.79 Å². The van der Waals surface area contributed by atoms with Gasteiger partial charge in [-0.1, -0.05) is 55.5 Å². The number of nitrogens with zero attached hydrogens (tertiary/aromatic N) is 1. The lowest BCUT2D eigenvalue weighted by molar-refractivity contribution is 0.0989. The molecule has 0 saturated carbocycles. The maximum absolute atomic E-state index is 12.4. The summed E-state index contributed by atoms with van der Waals surface area (Å²) in [6.45, 7) is 1.90. The van der Waals surface area contributed by atoms with E-state index in [4.69, 9.17) is 0 Å². The van der Waals surface area contributed by atoms with Crippen molar-refractivity contribution in [3.8, 4) is 0 Å². The fraction of sp³-hybridized carbons (Fsp3) is 0.0952. The first-order valence-electron chi connectivity index (χ1n) is 7.83. The third-order valence-electron chi connectivity index (χ3n) is 3.80. The zero-order valence-electron chi connectivity index (χ0n) is 13.1. The van der Waals surface area contributed by atoms with Gasteiger partial charge in [-0.15, -0.1) is 0 Å². The number of carbonyl (C=O) groups excluding carboxylic acids is 1. The van der Waals surface area contributed by atoms with Crippen LogP contribution in [-0.4, -0.2) is 5.78 Å². The number of rotatable bonds is 5. The van der Waals surface area contributed by atoms with Gasteiger partial charge in [0.1, 0.15) is 0 Å². The topological polar surface area (TPSA) is 20.3 Å². The summed E-state index contributed by atoms with van der Waals surface area (Å²) in [5.41, 5.74) is 3.74. The van der Waals surface area contributed by atoms with Gasteiger partial charge < -0.3 is 4.90 Å². The summed E-state index contributed by atoms with van der Waals surface area (Å²) < 4.78 is 0. The van der Waals surface area contributed by atoms with Crippen molar-refractivity contribution in [2.24, 2.45) is 0 Å². The minimum absolute atomic E-state index is 0.150. The smallest absolute Gasteiger partial charge is 0.164 e. The quantitative estimate of drug-likeness (QED) is 0.559. The lowest BCUT2D eigenvalue weighted by atomic mass is 10.0. The average molecular weight is 301 g/mol. The van der Waals surface area contributed by atoms with Crippen LogP contribution < -0.4 is 4.90 Å². The maximum atomic E-state index is 12.4. The molecule has 0 aromatic heterocycles. The Morgan fingerprint density at radius 2 is 1.22 bits per heavy atom. The van der Waals surface area contributed by atoms with Gasteiger partial charge in [0, 0.05) is 23.4 Å². The molecule has 0 heterocycles. The summed E-state index contributed by atoms with van der Waals surface area (Å²) in [5.74, 6) is 0.150. The van der Waals surface area contributed by atoms with Crippen LogP contribution in [0.4, 0.5) is 17.1 Å². The van der Waals surface area contributed by atoms with Gasteiger partial charge in [-0.05, 0) is 36.4 Å². The van der Waals surface area contributed by atoms with Gasteiger partial charge >= 0.3 is 0 Å². The standard InChI is InChI=1S/C21H19NO/c1-2-21(23)19-15-9-10-16-20(19)22(17-11-5-3-6-12-17)18-13-7-4-8-14-18/h3-16H,2H2,1H3. The summed E-state index contributed by atoms with van der Waals surface area (Å²) >= 11 is 0. The van der Waals surface area contributed by atoms with Crippen molar-refractivity contribution in [2.75, 3.05) is 4.90 Å². The first-order valence-corrected chi connectivity index (χ1v) is 7.83. The van der Waals surface area contributed by atoms with Crippen molar-refractivity contribution in [1.29, 1.82) is 0 Å². The summed E-state index contributed by atoms with van der Waals surface area (Å²) in [4.78, 5) is 14.5. The molecule has 114 valence electrons. The van der Waals surface area contributed by atoms with Crippen LogP contribution in [0.2, 0.25) is 0 Å². The van der Waals surface area contributed by atoms with Crippen molar-refractivity contribution in [3.05, 3.63) is 90.5 Å². The second kappa shape index (κ2) is 6.93. The Hall–Kier alpha value is -2.87. The van der Waals surface area contributed by atoms with E-state index in [1.807, 2.05) is 67.6 Å². The number of hydrogen-bond donors (Lipinski definition) is 0. The van der Waals surface area contributed by atoms with E-state index in [9.17, 15) is 4.79 Å². The zero-order chi connectivity index (χ0) is 16.1. The van der Waals surface area contributed by atoms with Crippen LogP contribution >= 0.6 is 0 Å². The first-order chi connectivity index (χ1) is 11.3. The molecule has 0 radical (unpaired) electrons. The third-order valence-corrected chi connectivity index (χ3v) is 3.80. The molecule has 0 aliphatic heterocycles. The second-order valence-electron chi connectivity index (χ2n) is 5.30. The molecule has 0 amide bonds. The maximum Gasteiger partial charge on any atom is 0.164 e. The Morgan fingerprint density at radius 1 is 0.739 bits per heavy atom. The molecule has 0 aliphatic rings. The summed E-state index contributed by atoms with van der Waals surface area (Å²) in [6, 6.07) is 28.0. The van der Waals surface area contributed by atoms with Gasteiger partial charge in [-0.2, -0.15) is 0 Å². The molecule has 3 aromatic rings. The van der Waals surface area contributed by atoms with Crippen LogP contribution in [0, 0.1) is 0 Å². The van der Waals surface area contributed by atoms with Crippen LogP contribution in [-0.2, 0) is 0 Å². The highest BCUT2D eigenvalue weighted by molar-refractivity contribution is 6.03. The monoisotopic (exact) mass is 301 g/mol. The van der Waals surface area contributed by atoms with Crippen LogP contribution in [0.5, 0.6) is 0 Å². The van der Waals surface area contributed by atoms with Gasteiger partial charge in [0.2, 0.25) is 0 Å². The Balaban J connectivity index is 2.20. The number of hydrogen-bond acceptors (Lipinski definition) is 2. The Labute approximate surface area is 137 Å². The van der Waals surface area contributed by atoms with Crippen molar-refractivity contribution >= 4 is 22.8 Å². The molecule has 0 saturated heterocycles. The number of para-hydroxylation sites is 3. The SMILES string of the molecule is CCC(=O)c1ccccc1N(c1ccccc1)c1ccccc1. The lowest BCUT2D eigenvalue weighted by Gasteiger charge is -2.27. The van der Waals surface area contributed by atoms with Crippen LogP contribution in [0.1, 0.15) is 23.7 Å². The molecule has 0 fully saturated rings. The molecule has 3 rings (SSSR count). The molecule has 0 aliphatic carbocycles. The molecule has 0 atom stereocenters. The molecule has 2 heteroatoms. The number of carbonyl (C=O) groups is 1. The van der Waals surface area contributed by atoms with E-state index < -0.39 is 0 Å². The van der Waals surface area contributed by atoms with E-state index in [-0.39, 0.29) is 5.78 Å². The molecule has 0 N–H and O–H groups in total. The molecular weight excluding hydrogens is 282 g/mol. The third kappa shape index (κ3) is 3.16. The summed E-state index contributed by atoms with van der Waals surface area (Å²) in [7, 11) is 0. The van der Waals surface area contributed by atoms with E-state index in [1.165, 1.54) is 0 Å². The minimum Gasteiger partial charge on any atom is -0.310 e. The largest absolute Gasteiger partial charge is 0.310 e. The highest BCUT2D eigenvalue weighted by Gasteiger charge is 2.17. The van der Waals surface area contributed by atoms with E-state index in [0.717, 1.165) is 22.6 Å². The first kappa shape index (κ1) is 15.0. The number of Topliss-reactive ketones (excluding diaryl/α,β-unsaturated/α-hetero) is 1. The molecule has 23 heavy (non-hydrogen) atoms. The van der Waals surface area contributed by atoms with Crippen molar-refractivity contribution in [2.45, 2.75) is 13.3 Å². The van der Waals surface area contributed by atoms with Crippen LogP contribution in [0.25, 0.3) is 0 Å². The molecule has 0 unspecified atom stereocenters. The Morgan fingerprint density at radius 3 is 1.74 bits per heavy atom. The van der Waals surface area contributed by atoms with Crippen molar-refractivity contribution in [3.63, 3.8) is 0 Å². The van der Waals surface area contributed by atoms with Crippen LogP contribution in [0.3, 0.4) is 0 Å². The molecular formula is C21H19NO. The fourth-order valence-electron chi connectivity index (χ4n) is 2.68. The predicted octanol–water partition coefficient (Wildman–Crippen LogP) is 5.75. The average Bonchev–Trinajstić information content (AvgIpc) is 2.63. The van der Waals surface area contributed by atoms with E-state index in [2.05, 4.69) is 29.2 Å². The van der Waals surface area contributed by atoms with Crippen LogP contribution in [0.15, 0.2) is 84.9 Å². The van der Waals surface area contributed by atoms with E-state index in [1.54, 1.807) is 0 Å². The van der Waals surface area contributed by atoms with Crippen molar-refractivity contribution < 1.29 is 4.79 Å². The van der Waals surface area contributed by atoms with Crippen molar-refractivity contribution in [1.82, 2.24) is 0 Å². The van der Waals surface area contributed by atoms with Gasteiger partial charge in [0.05, 0.1) is 5.69 Å². The highest BCUT2D eigenvalue weighted by Crippen LogP contribution is 2.36. The summed E-state index contributed by atoms with van der Waals surface area (Å²) in [6.07, 6.45) is 0.494. The van der Waals surface area contributed by atoms with Gasteiger partial charge in [0.25, 0.3) is 0 Å². The minimum atomic E-state index is 0.150. The zero-order valence-corrected chi connectivity index (χ0v) is 13.1. The molecule has 3 aromatic carbocycles. The summed E-state index contributed by atoms with van der Waals surface area (Å²) in [5, 5.41) is 0. The molecule has 0 spiro atoms. The number of ketones is 1. The Kier molecular flexibility index (Phi) is 4.53.